The number of rotatable bonds is 4. The predicted octanol–water partition coefficient (Wildman–Crippen LogP) is 3.00. The second-order valence-electron chi connectivity index (χ2n) is 2.30. The molecular formula is C9H9O2P. The van der Waals surface area contributed by atoms with E-state index in [4.69, 9.17) is 4.52 Å². The van der Waals surface area contributed by atoms with Gasteiger partial charge in [-0.05, 0) is 24.1 Å². The first-order valence-electron chi connectivity index (χ1n) is 3.56. The smallest absolute Gasteiger partial charge is 0.395 e. The van der Waals surface area contributed by atoms with Crippen molar-refractivity contribution in [2.24, 2.45) is 0 Å². The van der Waals surface area contributed by atoms with Gasteiger partial charge in [-0.15, -0.1) is 6.58 Å². The highest BCUT2D eigenvalue weighted by Crippen LogP contribution is 2.15. The van der Waals surface area contributed by atoms with Gasteiger partial charge in [0.15, 0.2) is 0 Å². The molecule has 0 atom stereocenters. The van der Waals surface area contributed by atoms with Crippen molar-refractivity contribution >= 4 is 8.69 Å². The van der Waals surface area contributed by atoms with Crippen LogP contribution in [0.5, 0.6) is 5.75 Å². The van der Waals surface area contributed by atoms with Crippen molar-refractivity contribution in [1.82, 2.24) is 0 Å². The summed E-state index contributed by atoms with van der Waals surface area (Å²) in [5.74, 6) is 0.611. The summed E-state index contributed by atoms with van der Waals surface area (Å²) in [6.07, 6.45) is 2.68. The Bertz CT molecular complexity index is 237. The first-order chi connectivity index (χ1) is 5.86. The quantitative estimate of drug-likeness (QED) is 0.525. The fraction of sp³-hybridized carbons (Fsp3) is 0.111. The summed E-state index contributed by atoms with van der Waals surface area (Å²) >= 11 is 0. The molecule has 0 bridgehead atoms. The fourth-order valence-electron chi connectivity index (χ4n) is 0.896. The van der Waals surface area contributed by atoms with Crippen LogP contribution in [0.15, 0.2) is 36.9 Å². The Kier molecular flexibility index (Phi) is 3.49. The van der Waals surface area contributed by atoms with E-state index in [2.05, 4.69) is 6.58 Å². The maximum absolute atomic E-state index is 10.0. The van der Waals surface area contributed by atoms with Gasteiger partial charge >= 0.3 is 8.69 Å². The highest BCUT2D eigenvalue weighted by Gasteiger charge is 1.92. The largest absolute Gasteiger partial charge is 0.408 e. The number of hydrogen-bond acceptors (Lipinski definition) is 2. The maximum Gasteiger partial charge on any atom is 0.395 e. The Balaban J connectivity index is 2.70. The molecule has 2 nitrogen and oxygen atoms in total. The topological polar surface area (TPSA) is 26.3 Å². The van der Waals surface area contributed by atoms with E-state index in [9.17, 15) is 4.57 Å². The Hall–Kier alpha value is -1.14. The van der Waals surface area contributed by atoms with E-state index < -0.39 is 0 Å². The third-order valence-corrected chi connectivity index (χ3v) is 1.73. The number of benzene rings is 1. The van der Waals surface area contributed by atoms with Gasteiger partial charge in [0.05, 0.1) is 0 Å². The van der Waals surface area contributed by atoms with E-state index in [1.807, 2.05) is 18.2 Å². The lowest BCUT2D eigenvalue weighted by molar-refractivity contribution is 0.525. The Morgan fingerprint density at radius 1 is 1.42 bits per heavy atom. The van der Waals surface area contributed by atoms with Gasteiger partial charge in [0.25, 0.3) is 0 Å². The van der Waals surface area contributed by atoms with Crippen molar-refractivity contribution in [3.8, 4) is 5.75 Å². The van der Waals surface area contributed by atoms with Crippen molar-refractivity contribution < 1.29 is 9.09 Å². The van der Waals surface area contributed by atoms with Gasteiger partial charge in [-0.25, -0.2) is 4.57 Å². The van der Waals surface area contributed by atoms with E-state index in [1.165, 1.54) is 5.56 Å². The third-order valence-electron chi connectivity index (χ3n) is 1.45. The van der Waals surface area contributed by atoms with Crippen molar-refractivity contribution in [2.45, 2.75) is 6.42 Å². The lowest BCUT2D eigenvalue weighted by Gasteiger charge is -1.97. The number of hydrogen-bond donors (Lipinski definition) is 0. The van der Waals surface area contributed by atoms with Crippen molar-refractivity contribution in [2.75, 3.05) is 0 Å². The molecule has 0 saturated carbocycles. The van der Waals surface area contributed by atoms with Crippen LogP contribution in [0.3, 0.4) is 0 Å². The molecule has 0 unspecified atom stereocenters. The first kappa shape index (κ1) is 8.95. The molecule has 1 aromatic carbocycles. The third kappa shape index (κ3) is 2.48. The van der Waals surface area contributed by atoms with Gasteiger partial charge in [-0.1, -0.05) is 18.2 Å². The van der Waals surface area contributed by atoms with Crippen LogP contribution in [0, 0.1) is 0 Å². The Labute approximate surface area is 73.2 Å². The summed E-state index contributed by atoms with van der Waals surface area (Å²) in [4.78, 5) is 0. The summed E-state index contributed by atoms with van der Waals surface area (Å²) in [6.45, 7) is 3.63. The minimum atomic E-state index is -0.317. The lowest BCUT2D eigenvalue weighted by atomic mass is 10.1. The van der Waals surface area contributed by atoms with Crippen LogP contribution in [0.2, 0.25) is 0 Å². The van der Waals surface area contributed by atoms with Crippen LogP contribution in [0.25, 0.3) is 0 Å². The molecule has 0 spiro atoms. The molecule has 0 aliphatic rings. The van der Waals surface area contributed by atoms with E-state index >= 15 is 0 Å². The van der Waals surface area contributed by atoms with E-state index in [-0.39, 0.29) is 8.69 Å². The van der Waals surface area contributed by atoms with E-state index in [0.29, 0.717) is 5.75 Å². The molecule has 0 saturated heterocycles. The second kappa shape index (κ2) is 4.68. The summed E-state index contributed by atoms with van der Waals surface area (Å²) in [7, 11) is -0.317. The summed E-state index contributed by atoms with van der Waals surface area (Å²) < 4.78 is 14.8. The Morgan fingerprint density at radius 2 is 2.08 bits per heavy atom. The molecule has 0 amide bonds. The van der Waals surface area contributed by atoms with E-state index in [1.54, 1.807) is 12.1 Å². The van der Waals surface area contributed by atoms with Crippen molar-refractivity contribution in [1.29, 1.82) is 0 Å². The minimum Gasteiger partial charge on any atom is -0.408 e. The molecule has 12 heavy (non-hydrogen) atoms. The molecule has 0 radical (unpaired) electrons. The maximum atomic E-state index is 10.0. The van der Waals surface area contributed by atoms with E-state index in [0.717, 1.165) is 6.42 Å². The van der Waals surface area contributed by atoms with Crippen molar-refractivity contribution in [3.63, 3.8) is 0 Å². The van der Waals surface area contributed by atoms with Crippen LogP contribution < -0.4 is 4.52 Å². The molecule has 62 valence electrons. The summed E-state index contributed by atoms with van der Waals surface area (Å²) in [5.41, 5.74) is 1.17. The summed E-state index contributed by atoms with van der Waals surface area (Å²) in [6, 6.07) is 7.40. The minimum absolute atomic E-state index is 0.317. The van der Waals surface area contributed by atoms with Crippen LogP contribution in [-0.2, 0) is 11.0 Å². The fourth-order valence-corrected chi connectivity index (χ4v) is 1.10. The van der Waals surface area contributed by atoms with Gasteiger partial charge in [-0.3, -0.25) is 0 Å². The number of allylic oxidation sites excluding steroid dienone is 1. The average Bonchev–Trinajstić information content (AvgIpc) is 2.09. The van der Waals surface area contributed by atoms with Gasteiger partial charge in [0.2, 0.25) is 0 Å². The van der Waals surface area contributed by atoms with Crippen molar-refractivity contribution in [3.05, 3.63) is 42.5 Å². The molecule has 0 fully saturated rings. The zero-order chi connectivity index (χ0) is 8.81. The van der Waals surface area contributed by atoms with Gasteiger partial charge in [-0.2, -0.15) is 0 Å². The predicted molar refractivity (Wildman–Crippen MR) is 48.6 cm³/mol. The van der Waals surface area contributed by atoms with Gasteiger partial charge in [0.1, 0.15) is 5.75 Å². The van der Waals surface area contributed by atoms with Crippen LogP contribution in [0.1, 0.15) is 5.56 Å². The second-order valence-corrected chi connectivity index (χ2v) is 2.63. The molecule has 1 rings (SSSR count). The molecule has 0 aromatic heterocycles. The van der Waals surface area contributed by atoms with Crippen LogP contribution >= 0.6 is 8.69 Å². The molecule has 1 aromatic rings. The molecule has 0 N–H and O–H groups in total. The van der Waals surface area contributed by atoms with Crippen LogP contribution in [-0.4, -0.2) is 0 Å². The molecule has 0 aliphatic carbocycles. The highest BCUT2D eigenvalue weighted by atomic mass is 31.1. The zero-order valence-corrected chi connectivity index (χ0v) is 7.46. The average molecular weight is 180 g/mol. The molecule has 0 heterocycles. The van der Waals surface area contributed by atoms with Gasteiger partial charge < -0.3 is 4.52 Å². The standard InChI is InChI=1S/C9H9O2P/c1-2-3-8-4-6-9(7-5-8)11-12-10/h2,4-7H,1,3H2. The zero-order valence-electron chi connectivity index (χ0n) is 6.56. The molecule has 3 heteroatoms. The highest BCUT2D eigenvalue weighted by molar-refractivity contribution is 7.17. The normalized spacial score (nSPS) is 9.67. The van der Waals surface area contributed by atoms with Crippen LogP contribution in [0.4, 0.5) is 0 Å². The van der Waals surface area contributed by atoms with Gasteiger partial charge in [0, 0.05) is 0 Å². The lowest BCUT2D eigenvalue weighted by Crippen LogP contribution is -1.80. The summed E-state index contributed by atoms with van der Waals surface area (Å²) in [5, 5.41) is 0. The molecular weight excluding hydrogens is 171 g/mol. The Morgan fingerprint density at radius 3 is 2.58 bits per heavy atom. The molecule has 0 aliphatic heterocycles. The first-order valence-corrected chi connectivity index (χ1v) is 4.29. The monoisotopic (exact) mass is 180 g/mol. The SMILES string of the molecule is C=CCc1ccc(OP=O)cc1.